The van der Waals surface area contributed by atoms with E-state index in [9.17, 15) is 9.90 Å². The zero-order chi connectivity index (χ0) is 12.4. The summed E-state index contributed by atoms with van der Waals surface area (Å²) >= 11 is 1.48. The smallest absolute Gasteiger partial charge is 0.264 e. The molecule has 0 spiro atoms. The summed E-state index contributed by atoms with van der Waals surface area (Å²) in [6.07, 6.45) is 0.401. The number of nitrogens with one attached hydrogen (secondary N) is 1. The predicted molar refractivity (Wildman–Crippen MR) is 68.5 cm³/mol. The molecular formula is C12H18N2O2S. The number of likely N-dealkylation sites (N-methyl/N-ethyl adjacent to an activating group) is 1. The first-order valence-corrected chi connectivity index (χ1v) is 6.75. The predicted octanol–water partition coefficient (Wildman–Crippen LogP) is 0.715. The van der Waals surface area contributed by atoms with Crippen LogP contribution >= 0.6 is 11.3 Å². The third kappa shape index (κ3) is 2.36. The van der Waals surface area contributed by atoms with Crippen molar-refractivity contribution >= 4 is 17.2 Å². The van der Waals surface area contributed by atoms with Gasteiger partial charge in [-0.25, -0.2) is 0 Å². The Morgan fingerprint density at radius 1 is 1.65 bits per heavy atom. The first-order valence-electron chi connectivity index (χ1n) is 5.87. The van der Waals surface area contributed by atoms with Gasteiger partial charge in [-0.3, -0.25) is 4.79 Å². The maximum Gasteiger partial charge on any atom is 0.264 e. The minimum atomic E-state index is -0.464. The van der Waals surface area contributed by atoms with Crippen molar-refractivity contribution < 1.29 is 9.90 Å². The van der Waals surface area contributed by atoms with Crippen LogP contribution in [-0.2, 0) is 6.42 Å². The van der Waals surface area contributed by atoms with Gasteiger partial charge in [-0.05, 0) is 23.4 Å². The third-order valence-corrected chi connectivity index (χ3v) is 4.24. The van der Waals surface area contributed by atoms with E-state index in [1.165, 1.54) is 11.3 Å². The molecule has 0 unspecified atom stereocenters. The van der Waals surface area contributed by atoms with Crippen LogP contribution in [0.2, 0.25) is 0 Å². The number of carbonyl (C=O) groups is 1. The Kier molecular flexibility index (Phi) is 3.81. The number of hydrogen-bond donors (Lipinski definition) is 2. The number of amides is 1. The number of β-amino-alcohol motifs (C(OH)–C–C–N with tert-alkyl or cyclic N) is 1. The van der Waals surface area contributed by atoms with Crippen molar-refractivity contribution in [1.29, 1.82) is 0 Å². The summed E-state index contributed by atoms with van der Waals surface area (Å²) in [5, 5.41) is 14.8. The van der Waals surface area contributed by atoms with E-state index in [0.29, 0.717) is 13.1 Å². The fraction of sp³-hybridized carbons (Fsp3) is 0.583. The molecule has 0 bridgehead atoms. The highest BCUT2D eigenvalue weighted by Gasteiger charge is 2.32. The molecule has 17 heavy (non-hydrogen) atoms. The average molecular weight is 254 g/mol. The molecule has 94 valence electrons. The van der Waals surface area contributed by atoms with Gasteiger partial charge in [-0.1, -0.05) is 6.92 Å². The third-order valence-electron chi connectivity index (χ3n) is 3.29. The Morgan fingerprint density at radius 2 is 2.41 bits per heavy atom. The molecule has 0 saturated carbocycles. The van der Waals surface area contributed by atoms with Gasteiger partial charge < -0.3 is 15.3 Å². The molecule has 1 aromatic rings. The van der Waals surface area contributed by atoms with Gasteiger partial charge in [0.15, 0.2) is 0 Å². The molecule has 1 aliphatic rings. The molecule has 0 aliphatic carbocycles. The van der Waals surface area contributed by atoms with Gasteiger partial charge in [0.1, 0.15) is 0 Å². The second-order valence-corrected chi connectivity index (χ2v) is 5.25. The van der Waals surface area contributed by atoms with E-state index >= 15 is 0 Å². The molecule has 1 fully saturated rings. The number of aryl methyl sites for hydroxylation is 1. The summed E-state index contributed by atoms with van der Waals surface area (Å²) in [6, 6.07) is 1.88. The number of thiophene rings is 1. The molecule has 2 atom stereocenters. The highest BCUT2D eigenvalue weighted by molar-refractivity contribution is 7.12. The summed E-state index contributed by atoms with van der Waals surface area (Å²) in [5.74, 6) is 0.0181. The molecule has 0 aromatic carbocycles. The maximum atomic E-state index is 12.3. The van der Waals surface area contributed by atoms with Crippen molar-refractivity contribution in [1.82, 2.24) is 10.2 Å². The van der Waals surface area contributed by atoms with Gasteiger partial charge in [-0.2, -0.15) is 0 Å². The average Bonchev–Trinajstić information content (AvgIpc) is 2.95. The second-order valence-electron chi connectivity index (χ2n) is 4.34. The van der Waals surface area contributed by atoms with Gasteiger partial charge in [0.05, 0.1) is 17.0 Å². The van der Waals surface area contributed by atoms with E-state index in [1.54, 1.807) is 11.9 Å². The Hall–Kier alpha value is -0.910. The summed E-state index contributed by atoms with van der Waals surface area (Å²) in [6.45, 7) is 3.27. The van der Waals surface area contributed by atoms with E-state index < -0.39 is 6.10 Å². The van der Waals surface area contributed by atoms with E-state index in [0.717, 1.165) is 16.9 Å². The van der Waals surface area contributed by atoms with Gasteiger partial charge in [0, 0.05) is 20.1 Å². The lowest BCUT2D eigenvalue weighted by Gasteiger charge is -2.26. The topological polar surface area (TPSA) is 52.6 Å². The molecule has 2 N–H and O–H groups in total. The van der Waals surface area contributed by atoms with Crippen molar-refractivity contribution in [2.24, 2.45) is 0 Å². The zero-order valence-corrected chi connectivity index (χ0v) is 11.0. The van der Waals surface area contributed by atoms with Crippen molar-refractivity contribution in [3.05, 3.63) is 21.9 Å². The van der Waals surface area contributed by atoms with Crippen molar-refractivity contribution in [3.8, 4) is 0 Å². The second kappa shape index (κ2) is 5.16. The van der Waals surface area contributed by atoms with Crippen molar-refractivity contribution in [3.63, 3.8) is 0 Å². The highest BCUT2D eigenvalue weighted by atomic mass is 32.1. The molecule has 1 aliphatic heterocycles. The Labute approximate surface area is 105 Å². The van der Waals surface area contributed by atoms with E-state index in [4.69, 9.17) is 0 Å². The van der Waals surface area contributed by atoms with Gasteiger partial charge >= 0.3 is 0 Å². The Bertz CT molecular complexity index is 405. The number of nitrogens with zero attached hydrogens (tertiary/aromatic N) is 1. The first kappa shape index (κ1) is 12.5. The van der Waals surface area contributed by atoms with Crippen LogP contribution < -0.4 is 5.32 Å². The van der Waals surface area contributed by atoms with E-state index in [-0.39, 0.29) is 11.9 Å². The van der Waals surface area contributed by atoms with Gasteiger partial charge in [0.2, 0.25) is 0 Å². The van der Waals surface area contributed by atoms with Crippen LogP contribution in [0, 0.1) is 0 Å². The standard InChI is InChI=1S/C12H18N2O2S/c1-3-8-4-5-17-11(8)12(16)14(2)9-6-13-7-10(9)15/h4-5,9-10,13,15H,3,6-7H2,1-2H3/t9-,10-/m1/s1. The first-order chi connectivity index (χ1) is 8.15. The van der Waals surface area contributed by atoms with Crippen molar-refractivity contribution in [2.45, 2.75) is 25.5 Å². The SMILES string of the molecule is CCc1ccsc1C(=O)N(C)[C@@H]1CNC[C@H]1O. The summed E-state index contributed by atoms with van der Waals surface area (Å²) in [7, 11) is 1.77. The molecule has 4 nitrogen and oxygen atoms in total. The van der Waals surface area contributed by atoms with E-state index in [2.05, 4.69) is 5.32 Å². The summed E-state index contributed by atoms with van der Waals surface area (Å²) < 4.78 is 0. The molecule has 1 aromatic heterocycles. The number of aliphatic hydroxyl groups is 1. The molecular weight excluding hydrogens is 236 g/mol. The Morgan fingerprint density at radius 3 is 3.00 bits per heavy atom. The summed E-state index contributed by atoms with van der Waals surface area (Å²) in [4.78, 5) is 14.8. The molecule has 2 rings (SSSR count). The largest absolute Gasteiger partial charge is 0.390 e. The monoisotopic (exact) mass is 254 g/mol. The van der Waals surface area contributed by atoms with Crippen LogP contribution in [0.25, 0.3) is 0 Å². The maximum absolute atomic E-state index is 12.3. The molecule has 1 amide bonds. The highest BCUT2D eigenvalue weighted by Crippen LogP contribution is 2.21. The fourth-order valence-electron chi connectivity index (χ4n) is 2.16. The van der Waals surface area contributed by atoms with E-state index in [1.807, 2.05) is 18.4 Å². The normalized spacial score (nSPS) is 23.9. The lowest BCUT2D eigenvalue weighted by atomic mass is 10.1. The minimum Gasteiger partial charge on any atom is -0.390 e. The molecule has 2 heterocycles. The molecule has 5 heteroatoms. The van der Waals surface area contributed by atoms with Crippen LogP contribution in [0.1, 0.15) is 22.2 Å². The van der Waals surface area contributed by atoms with Crippen LogP contribution in [0.3, 0.4) is 0 Å². The number of rotatable bonds is 3. The van der Waals surface area contributed by atoms with Crippen LogP contribution in [0.15, 0.2) is 11.4 Å². The molecule has 0 radical (unpaired) electrons. The summed E-state index contributed by atoms with van der Waals surface area (Å²) in [5.41, 5.74) is 1.09. The number of hydrogen-bond acceptors (Lipinski definition) is 4. The number of carbonyl (C=O) groups excluding carboxylic acids is 1. The lowest BCUT2D eigenvalue weighted by molar-refractivity contribution is 0.0585. The van der Waals surface area contributed by atoms with Crippen LogP contribution in [-0.4, -0.2) is 48.2 Å². The minimum absolute atomic E-state index is 0.0181. The number of aliphatic hydroxyl groups excluding tert-OH is 1. The van der Waals surface area contributed by atoms with Gasteiger partial charge in [-0.15, -0.1) is 11.3 Å². The lowest BCUT2D eigenvalue weighted by Crippen LogP contribution is -2.44. The quantitative estimate of drug-likeness (QED) is 0.835. The van der Waals surface area contributed by atoms with Crippen LogP contribution in [0.4, 0.5) is 0 Å². The Balaban J connectivity index is 2.14. The van der Waals surface area contributed by atoms with Gasteiger partial charge in [0.25, 0.3) is 5.91 Å². The van der Waals surface area contributed by atoms with Crippen molar-refractivity contribution in [2.75, 3.05) is 20.1 Å². The zero-order valence-electron chi connectivity index (χ0n) is 10.1. The fourth-order valence-corrected chi connectivity index (χ4v) is 3.14. The van der Waals surface area contributed by atoms with Crippen LogP contribution in [0.5, 0.6) is 0 Å². The molecule has 1 saturated heterocycles.